The Labute approximate surface area is 287 Å². The van der Waals surface area contributed by atoms with Crippen LogP contribution in [0.1, 0.15) is 45.5 Å². The molecule has 4 aromatic rings. The smallest absolute Gasteiger partial charge is 0.262 e. The van der Waals surface area contributed by atoms with Crippen molar-refractivity contribution in [3.63, 3.8) is 0 Å². The second-order valence-electron chi connectivity index (χ2n) is 13.7. The third-order valence-electron chi connectivity index (χ3n) is 10.8. The zero-order valence-electron chi connectivity index (χ0n) is 28.0. The van der Waals surface area contributed by atoms with Gasteiger partial charge in [-0.2, -0.15) is 0 Å². The number of imide groups is 2. The van der Waals surface area contributed by atoms with Gasteiger partial charge >= 0.3 is 0 Å². The molecular formula is C37H36N6O7. The number of anilines is 1. The maximum absolute atomic E-state index is 13.2. The van der Waals surface area contributed by atoms with E-state index in [0.717, 1.165) is 71.7 Å². The molecule has 2 aromatic heterocycles. The molecule has 4 amide bonds. The molecular weight excluding hydrogens is 640 g/mol. The van der Waals surface area contributed by atoms with Crippen molar-refractivity contribution < 1.29 is 28.7 Å². The van der Waals surface area contributed by atoms with Crippen LogP contribution in [0, 0.1) is 5.41 Å². The lowest BCUT2D eigenvalue weighted by Gasteiger charge is -2.55. The number of ether oxygens (including phenoxy) is 2. The minimum absolute atomic E-state index is 0.106. The van der Waals surface area contributed by atoms with Gasteiger partial charge in [0.15, 0.2) is 0 Å². The normalized spacial score (nSPS) is 20.0. The molecule has 4 aliphatic heterocycles. The molecule has 8 rings (SSSR count). The molecule has 0 radical (unpaired) electrons. The standard InChI is InChI=1S/C37H36N6O7/c1-40-17-27(23-6-9-38-16-26(23)34(40)46)21-12-30(49-2)28(31(13-21)50-3)18-41-10-7-37(8-11-41)19-42(20-37)22-4-5-24-25(14-22)36(48)43(35(24)47)29-15-32(44)39-33(29)45/h4-6,9,12-14,16-17,29H,7-8,10-11,15,18-20H2,1-3H3,(H,39,44,45). The van der Waals surface area contributed by atoms with Gasteiger partial charge in [0.1, 0.15) is 17.5 Å². The Morgan fingerprint density at radius 1 is 0.880 bits per heavy atom. The number of aryl methyl sites for hydroxylation is 1. The summed E-state index contributed by atoms with van der Waals surface area (Å²) >= 11 is 0. The van der Waals surface area contributed by atoms with Crippen LogP contribution in [0.5, 0.6) is 11.5 Å². The number of methoxy groups -OCH3 is 2. The maximum Gasteiger partial charge on any atom is 0.262 e. The van der Waals surface area contributed by atoms with Crippen LogP contribution in [0.25, 0.3) is 21.9 Å². The van der Waals surface area contributed by atoms with E-state index >= 15 is 0 Å². The van der Waals surface area contributed by atoms with Crippen molar-refractivity contribution >= 4 is 40.1 Å². The van der Waals surface area contributed by atoms with Crippen LogP contribution in [-0.2, 0) is 23.2 Å². The van der Waals surface area contributed by atoms with Crippen LogP contribution in [0.2, 0.25) is 0 Å². The topological polar surface area (TPSA) is 143 Å². The molecule has 2 aromatic carbocycles. The number of likely N-dealkylation sites (tertiary alicyclic amines) is 1. The van der Waals surface area contributed by atoms with Gasteiger partial charge in [-0.15, -0.1) is 0 Å². The molecule has 13 nitrogen and oxygen atoms in total. The Hall–Kier alpha value is -5.56. The summed E-state index contributed by atoms with van der Waals surface area (Å²) in [7, 11) is 5.05. The van der Waals surface area contributed by atoms with E-state index in [1.807, 2.05) is 30.5 Å². The second kappa shape index (κ2) is 11.8. The molecule has 50 heavy (non-hydrogen) atoms. The summed E-state index contributed by atoms with van der Waals surface area (Å²) in [5, 5.41) is 3.54. The average Bonchev–Trinajstić information content (AvgIpc) is 3.57. The molecule has 1 N–H and O–H groups in total. The number of carbonyl (C=O) groups excluding carboxylic acids is 4. The summed E-state index contributed by atoms with van der Waals surface area (Å²) in [6.07, 6.45) is 6.92. The highest BCUT2D eigenvalue weighted by atomic mass is 16.5. The SMILES string of the molecule is COc1cc(-c2cn(C)c(=O)c3cnccc23)cc(OC)c1CN1CCC2(CC1)CN(c1ccc3c(c1)C(=O)N(C1CC(=O)NC1=O)C3=O)C2. The fraction of sp³-hybridized carbons (Fsp3) is 0.351. The minimum atomic E-state index is -1.10. The van der Waals surface area contributed by atoms with Crippen LogP contribution < -0.4 is 25.2 Å². The Morgan fingerprint density at radius 3 is 2.24 bits per heavy atom. The Bertz CT molecular complexity index is 2150. The Kier molecular flexibility index (Phi) is 7.48. The summed E-state index contributed by atoms with van der Waals surface area (Å²) in [5.41, 5.74) is 4.17. The minimum Gasteiger partial charge on any atom is -0.496 e. The third kappa shape index (κ3) is 5.02. The zero-order valence-corrected chi connectivity index (χ0v) is 28.0. The van der Waals surface area contributed by atoms with Gasteiger partial charge in [0.2, 0.25) is 11.8 Å². The van der Waals surface area contributed by atoms with Gasteiger partial charge in [0.05, 0.1) is 42.7 Å². The number of hydrogen-bond acceptors (Lipinski definition) is 10. The van der Waals surface area contributed by atoms with E-state index in [1.54, 1.807) is 50.4 Å². The quantitative estimate of drug-likeness (QED) is 0.291. The molecule has 1 unspecified atom stereocenters. The lowest BCUT2D eigenvalue weighted by atomic mass is 9.71. The van der Waals surface area contributed by atoms with Crippen LogP contribution in [0.3, 0.4) is 0 Å². The van der Waals surface area contributed by atoms with Crippen molar-refractivity contribution in [3.8, 4) is 22.6 Å². The highest BCUT2D eigenvalue weighted by Crippen LogP contribution is 2.45. The summed E-state index contributed by atoms with van der Waals surface area (Å²) in [5.74, 6) is -0.760. The first kappa shape index (κ1) is 31.7. The van der Waals surface area contributed by atoms with Crippen molar-refractivity contribution in [1.82, 2.24) is 24.7 Å². The molecule has 6 heterocycles. The monoisotopic (exact) mass is 676 g/mol. The summed E-state index contributed by atoms with van der Waals surface area (Å²) in [4.78, 5) is 72.6. The van der Waals surface area contributed by atoms with Gasteiger partial charge < -0.3 is 18.9 Å². The highest BCUT2D eigenvalue weighted by molar-refractivity contribution is 6.24. The number of aromatic nitrogens is 2. The molecule has 0 saturated carbocycles. The zero-order chi connectivity index (χ0) is 34.9. The molecule has 256 valence electrons. The number of nitrogens with one attached hydrogen (secondary N) is 1. The predicted molar refractivity (Wildman–Crippen MR) is 183 cm³/mol. The lowest BCUT2D eigenvalue weighted by Crippen LogP contribution is -2.60. The molecule has 13 heteroatoms. The Balaban J connectivity index is 0.946. The van der Waals surface area contributed by atoms with Gasteiger partial charge in [-0.1, -0.05) is 0 Å². The van der Waals surface area contributed by atoms with Crippen molar-refractivity contribution in [2.24, 2.45) is 12.5 Å². The van der Waals surface area contributed by atoms with E-state index in [2.05, 4.69) is 20.1 Å². The number of fused-ring (bicyclic) bond motifs is 2. The number of amides is 4. The fourth-order valence-corrected chi connectivity index (χ4v) is 7.98. The first-order chi connectivity index (χ1) is 24.1. The van der Waals surface area contributed by atoms with E-state index in [9.17, 15) is 24.0 Å². The van der Waals surface area contributed by atoms with Crippen molar-refractivity contribution in [1.29, 1.82) is 0 Å². The first-order valence-corrected chi connectivity index (χ1v) is 16.6. The number of nitrogens with zero attached hydrogens (tertiary/aromatic N) is 5. The fourth-order valence-electron chi connectivity index (χ4n) is 7.98. The predicted octanol–water partition coefficient (Wildman–Crippen LogP) is 2.73. The molecule has 4 aliphatic rings. The number of piperidine rings is 1. The number of pyridine rings is 2. The van der Waals surface area contributed by atoms with Crippen LogP contribution in [0.4, 0.5) is 5.69 Å². The number of benzene rings is 2. The van der Waals surface area contributed by atoms with Crippen molar-refractivity contribution in [2.45, 2.75) is 31.8 Å². The van der Waals surface area contributed by atoms with Crippen LogP contribution >= 0.6 is 0 Å². The van der Waals surface area contributed by atoms with E-state index < -0.39 is 29.7 Å². The summed E-state index contributed by atoms with van der Waals surface area (Å²) < 4.78 is 13.4. The van der Waals surface area contributed by atoms with E-state index in [-0.39, 0.29) is 28.5 Å². The molecule has 0 aliphatic carbocycles. The molecule has 1 atom stereocenters. The second-order valence-corrected chi connectivity index (χ2v) is 13.7. The van der Waals surface area contributed by atoms with E-state index in [1.165, 1.54) is 0 Å². The highest BCUT2D eigenvalue weighted by Gasteiger charge is 2.48. The average molecular weight is 677 g/mol. The molecule has 0 bridgehead atoms. The number of carbonyl (C=O) groups is 4. The number of rotatable bonds is 7. The van der Waals surface area contributed by atoms with Crippen molar-refractivity contribution in [3.05, 3.63) is 82.0 Å². The summed E-state index contributed by atoms with van der Waals surface area (Å²) in [6, 6.07) is 10.00. The van der Waals surface area contributed by atoms with Gasteiger partial charge in [0.25, 0.3) is 17.4 Å². The van der Waals surface area contributed by atoms with Gasteiger partial charge in [-0.25, -0.2) is 0 Å². The van der Waals surface area contributed by atoms with Crippen LogP contribution in [-0.4, -0.2) is 89.4 Å². The molecule has 3 saturated heterocycles. The van der Waals surface area contributed by atoms with Crippen LogP contribution in [0.15, 0.2) is 59.8 Å². The molecule has 1 spiro atoms. The van der Waals surface area contributed by atoms with E-state index in [4.69, 9.17) is 9.47 Å². The summed E-state index contributed by atoms with van der Waals surface area (Å²) in [6.45, 7) is 4.14. The maximum atomic E-state index is 13.2. The van der Waals surface area contributed by atoms with E-state index in [0.29, 0.717) is 23.4 Å². The van der Waals surface area contributed by atoms with Crippen molar-refractivity contribution in [2.75, 3.05) is 45.3 Å². The largest absolute Gasteiger partial charge is 0.496 e. The van der Waals surface area contributed by atoms with Gasteiger partial charge in [-0.3, -0.25) is 44.1 Å². The lowest BCUT2D eigenvalue weighted by molar-refractivity contribution is -0.125. The third-order valence-corrected chi connectivity index (χ3v) is 10.8. The number of hydrogen-bond donors (Lipinski definition) is 1. The molecule has 3 fully saturated rings. The Morgan fingerprint density at radius 2 is 1.58 bits per heavy atom. The first-order valence-electron chi connectivity index (χ1n) is 16.6. The van der Waals surface area contributed by atoms with Gasteiger partial charge in [-0.05, 0) is 73.3 Å². The van der Waals surface area contributed by atoms with Gasteiger partial charge in [0, 0.05) is 61.9 Å².